The Bertz CT molecular complexity index is 6850. The van der Waals surface area contributed by atoms with Crippen LogP contribution in [0.15, 0.2) is 315 Å². The Morgan fingerprint density at radius 3 is 1.27 bits per heavy atom. The number of hydrogen-bond donors (Lipinski definition) is 0. The molecule has 0 saturated carbocycles. The summed E-state index contributed by atoms with van der Waals surface area (Å²) in [6, 6.07) is 121. The molecule has 0 unspecified atom stereocenters. The summed E-state index contributed by atoms with van der Waals surface area (Å²) < 4.78 is 4.98. The lowest BCUT2D eigenvalue weighted by Crippen LogP contribution is -2.55. The number of benzene rings is 18. The van der Waals surface area contributed by atoms with E-state index >= 15 is 0 Å². The fourth-order valence-electron chi connectivity index (χ4n) is 19.3. The third-order valence-corrected chi connectivity index (χ3v) is 23.2. The van der Waals surface area contributed by atoms with Gasteiger partial charge in [-0.15, -0.1) is 0 Å². The zero-order chi connectivity index (χ0) is 63.3. The van der Waals surface area contributed by atoms with E-state index in [9.17, 15) is 0 Å². The van der Waals surface area contributed by atoms with Crippen LogP contribution in [0.5, 0.6) is 0 Å². The van der Waals surface area contributed by atoms with E-state index in [1.807, 2.05) is 0 Å². The van der Waals surface area contributed by atoms with Crippen LogP contribution in [0.2, 0.25) is 0 Å². The highest BCUT2D eigenvalue weighted by molar-refractivity contribution is 7.02. The van der Waals surface area contributed by atoms with Crippen molar-refractivity contribution in [3.63, 3.8) is 0 Å². The summed E-state index contributed by atoms with van der Waals surface area (Å²) in [6.45, 7) is -0.0538. The second-order valence-electron chi connectivity index (χ2n) is 27.7. The van der Waals surface area contributed by atoms with E-state index in [0.717, 1.165) is 5.69 Å². The number of hydrogen-bond acceptors (Lipinski definition) is 2. The molecule has 24 rings (SSSR count). The van der Waals surface area contributed by atoms with Crippen LogP contribution in [0.4, 0.5) is 34.1 Å². The van der Waals surface area contributed by atoms with E-state index in [0.29, 0.717) is 0 Å². The predicted molar refractivity (Wildman–Crippen MR) is 418 cm³/mol. The van der Waals surface area contributed by atoms with E-state index in [-0.39, 0.29) is 13.4 Å². The maximum atomic E-state index is 2.65. The molecule has 4 aliphatic heterocycles. The molecule has 0 atom stereocenters. The Morgan fingerprint density at radius 1 is 0.214 bits per heavy atom. The quantitative estimate of drug-likeness (QED) is 0.126. The normalized spacial score (nSPS) is 13.4. The standard InChI is InChI=1S/C92H52B2N4/c1-6-24-76-64(18-1)65-19-2-7-25-77(65)95(76)60-40-46-72-71(51-60)90-62(44-49-84-92(90)93(72)73-23-5-10-28-82(73)97(84)80-47-37-57-32-30-53-14-11-16-55-34-41-69(80)88(57)86(53)55)59-36-45-74-85(50-59)98(81-48-38-58-33-31-54-15-12-17-56-35-42-70(81)89(58)87(54)56)83-29-13-22-68-63-43-39-61(52-75(63)94(74)91(68)83)96-78-26-8-3-20-66(78)67-21-4-9-27-79(67)96/h1-52H. The van der Waals surface area contributed by atoms with Gasteiger partial charge in [-0.25, -0.2) is 0 Å². The molecule has 6 heteroatoms. The molecule has 6 heterocycles. The Labute approximate surface area is 564 Å². The first-order valence-electron chi connectivity index (χ1n) is 34.4. The smallest absolute Gasteiger partial charge is 0.248 e. The van der Waals surface area contributed by atoms with Gasteiger partial charge in [-0.1, -0.05) is 241 Å². The number of aromatic nitrogens is 2. The van der Waals surface area contributed by atoms with Crippen molar-refractivity contribution in [3.05, 3.63) is 315 Å². The molecule has 20 aromatic rings. The van der Waals surface area contributed by atoms with Gasteiger partial charge < -0.3 is 18.9 Å². The Kier molecular flexibility index (Phi) is 9.84. The fraction of sp³-hybridized carbons (Fsp3) is 0. The third kappa shape index (κ3) is 6.53. The lowest BCUT2D eigenvalue weighted by Gasteiger charge is -2.38. The Balaban J connectivity index is 0.781. The first-order chi connectivity index (χ1) is 48.6. The van der Waals surface area contributed by atoms with Gasteiger partial charge in [-0.05, 0) is 194 Å². The number of rotatable bonds is 5. The molecule has 18 aromatic carbocycles. The van der Waals surface area contributed by atoms with Gasteiger partial charge in [-0.2, -0.15) is 0 Å². The molecule has 0 radical (unpaired) electrons. The van der Waals surface area contributed by atoms with Crippen molar-refractivity contribution in [1.29, 1.82) is 0 Å². The zero-order valence-electron chi connectivity index (χ0n) is 53.0. The van der Waals surface area contributed by atoms with Crippen LogP contribution in [0.3, 0.4) is 0 Å². The molecule has 0 N–H and O–H groups in total. The molecule has 0 aliphatic carbocycles. The molecule has 0 amide bonds. The molecule has 0 saturated heterocycles. The minimum absolute atomic E-state index is 0.0234. The monoisotopic (exact) mass is 1230 g/mol. The van der Waals surface area contributed by atoms with Gasteiger partial charge in [0.15, 0.2) is 0 Å². The molecule has 4 nitrogen and oxygen atoms in total. The zero-order valence-corrected chi connectivity index (χ0v) is 53.0. The van der Waals surface area contributed by atoms with Crippen molar-refractivity contribution in [2.45, 2.75) is 0 Å². The van der Waals surface area contributed by atoms with E-state index < -0.39 is 0 Å². The average Bonchev–Trinajstić information content (AvgIpc) is 1.45. The molecule has 0 spiro atoms. The molecule has 0 fully saturated rings. The highest BCUT2D eigenvalue weighted by Gasteiger charge is 2.46. The van der Waals surface area contributed by atoms with Crippen LogP contribution < -0.4 is 42.6 Å². The molecule has 98 heavy (non-hydrogen) atoms. The molecule has 2 aromatic heterocycles. The van der Waals surface area contributed by atoms with Gasteiger partial charge in [0.25, 0.3) is 0 Å². The molecule has 446 valence electrons. The number of fused-ring (bicyclic) bond motifs is 16. The van der Waals surface area contributed by atoms with Gasteiger partial charge in [0.05, 0.1) is 33.4 Å². The highest BCUT2D eigenvalue weighted by atomic mass is 15.2. The number of nitrogens with zero attached hydrogens (tertiary/aromatic N) is 4. The third-order valence-electron chi connectivity index (χ3n) is 23.2. The van der Waals surface area contributed by atoms with Crippen molar-refractivity contribution in [2.75, 3.05) is 9.80 Å². The highest BCUT2D eigenvalue weighted by Crippen LogP contribution is 2.52. The minimum Gasteiger partial charge on any atom is -0.311 e. The molecular weight excluding hydrogens is 1180 g/mol. The summed E-state index contributed by atoms with van der Waals surface area (Å²) in [6.07, 6.45) is 0. The Morgan fingerprint density at radius 2 is 0.653 bits per heavy atom. The van der Waals surface area contributed by atoms with Gasteiger partial charge in [0, 0.05) is 66.4 Å². The number of para-hydroxylation sites is 5. The summed E-state index contributed by atoms with van der Waals surface area (Å²) in [5.41, 5.74) is 29.9. The molecular formula is C92H52B2N4. The fourth-order valence-corrected chi connectivity index (χ4v) is 19.3. The summed E-state index contributed by atoms with van der Waals surface area (Å²) in [4.78, 5) is 5.27. The minimum atomic E-state index is -0.0304. The van der Waals surface area contributed by atoms with E-state index in [1.54, 1.807) is 0 Å². The molecule has 0 bridgehead atoms. The Hall–Kier alpha value is -12.6. The van der Waals surface area contributed by atoms with E-state index in [1.165, 1.54) is 214 Å². The van der Waals surface area contributed by atoms with Gasteiger partial charge in [0.2, 0.25) is 13.4 Å². The number of anilines is 6. The largest absolute Gasteiger partial charge is 0.311 e. The van der Waals surface area contributed by atoms with Gasteiger partial charge in [-0.3, -0.25) is 0 Å². The lowest BCUT2D eigenvalue weighted by atomic mass is 9.37. The van der Waals surface area contributed by atoms with Crippen LogP contribution in [0.1, 0.15) is 0 Å². The molecule has 4 aliphatic rings. The van der Waals surface area contributed by atoms with Crippen LogP contribution >= 0.6 is 0 Å². The maximum Gasteiger partial charge on any atom is 0.248 e. The second-order valence-corrected chi connectivity index (χ2v) is 27.7. The summed E-state index contributed by atoms with van der Waals surface area (Å²) in [5.74, 6) is 0. The van der Waals surface area contributed by atoms with E-state index in [2.05, 4.69) is 334 Å². The van der Waals surface area contributed by atoms with Crippen molar-refractivity contribution >= 4 is 189 Å². The first kappa shape index (κ1) is 51.7. The second kappa shape index (κ2) is 18.6. The maximum absolute atomic E-state index is 2.65. The van der Waals surface area contributed by atoms with Crippen molar-refractivity contribution in [3.8, 4) is 44.8 Å². The van der Waals surface area contributed by atoms with Crippen molar-refractivity contribution < 1.29 is 0 Å². The van der Waals surface area contributed by atoms with E-state index in [4.69, 9.17) is 0 Å². The van der Waals surface area contributed by atoms with Crippen LogP contribution in [-0.4, -0.2) is 22.6 Å². The lowest BCUT2D eigenvalue weighted by molar-refractivity contribution is 1.18. The van der Waals surface area contributed by atoms with Gasteiger partial charge in [0.1, 0.15) is 0 Å². The van der Waals surface area contributed by atoms with Crippen LogP contribution in [-0.2, 0) is 0 Å². The first-order valence-corrected chi connectivity index (χ1v) is 34.4. The SMILES string of the molecule is c1ccc2c(c1)B1c3ccc(-n4c5ccccc5c5ccccc54)cc3-c3c(-c4ccc5c(c4)N(c4ccc6ccc7cccc8ccc4c6c78)c4cccc6c4B5c4cc(-n5c7ccccc7c7ccccc75)ccc4-6)ccc(c31)N2c1ccc2ccc3cccc4ccc1c2c34. The van der Waals surface area contributed by atoms with Crippen LogP contribution in [0, 0.1) is 0 Å². The summed E-state index contributed by atoms with van der Waals surface area (Å²) >= 11 is 0. The van der Waals surface area contributed by atoms with Gasteiger partial charge >= 0.3 is 0 Å². The topological polar surface area (TPSA) is 16.3 Å². The summed E-state index contributed by atoms with van der Waals surface area (Å²) in [5, 5.41) is 20.4. The predicted octanol–water partition coefficient (Wildman–Crippen LogP) is 19.9. The summed E-state index contributed by atoms with van der Waals surface area (Å²) in [7, 11) is 0. The van der Waals surface area contributed by atoms with Crippen molar-refractivity contribution in [1.82, 2.24) is 9.13 Å². The average molecular weight is 1240 g/mol. The van der Waals surface area contributed by atoms with Crippen molar-refractivity contribution in [2.24, 2.45) is 0 Å². The van der Waals surface area contributed by atoms with Crippen LogP contribution in [0.25, 0.3) is 153 Å².